The van der Waals surface area contributed by atoms with Crippen LogP contribution in [0.1, 0.15) is 19.4 Å². The fourth-order valence-electron chi connectivity index (χ4n) is 3.10. The second-order valence-electron chi connectivity index (χ2n) is 6.65. The first-order valence-electron chi connectivity index (χ1n) is 8.36. The van der Waals surface area contributed by atoms with Gasteiger partial charge >= 0.3 is 5.63 Å². The fourth-order valence-corrected chi connectivity index (χ4v) is 3.10. The number of rotatable bonds is 5. The first kappa shape index (κ1) is 17.2. The number of fused-ring (bicyclic) bond motifs is 3. The van der Waals surface area contributed by atoms with Crippen molar-refractivity contribution in [3.63, 3.8) is 0 Å². The molecule has 0 saturated heterocycles. The van der Waals surface area contributed by atoms with Gasteiger partial charge in [-0.1, -0.05) is 30.3 Å². The highest BCUT2D eigenvalue weighted by Crippen LogP contribution is 2.27. The Labute approximate surface area is 146 Å². The number of hydrogen-bond acceptors (Lipinski definition) is 4. The Morgan fingerprint density at radius 2 is 1.96 bits per heavy atom. The lowest BCUT2D eigenvalue weighted by Gasteiger charge is -2.18. The van der Waals surface area contributed by atoms with Gasteiger partial charge in [0, 0.05) is 24.0 Å². The number of likely N-dealkylation sites (N-methyl/N-ethyl adjacent to an activating group) is 1. The highest BCUT2D eigenvalue weighted by molar-refractivity contribution is 6.07. The lowest BCUT2D eigenvalue weighted by molar-refractivity contribution is -0.122. The molecule has 3 aromatic rings. The summed E-state index contributed by atoms with van der Waals surface area (Å²) in [5.74, 6) is -0.0328. The normalized spacial score (nSPS) is 11.6. The Hall–Kier alpha value is -2.66. The van der Waals surface area contributed by atoms with Crippen LogP contribution in [0.15, 0.2) is 51.7 Å². The molecule has 0 aliphatic heterocycles. The van der Waals surface area contributed by atoms with Gasteiger partial charge in [-0.2, -0.15) is 0 Å². The quantitative estimate of drug-likeness (QED) is 0.574. The molecule has 0 atom stereocenters. The molecule has 2 aromatic carbocycles. The van der Waals surface area contributed by atoms with Crippen LogP contribution in [-0.4, -0.2) is 30.4 Å². The van der Waals surface area contributed by atoms with E-state index in [1.807, 2.05) is 62.2 Å². The molecular formula is C20H22N2O3. The third kappa shape index (κ3) is 3.88. The zero-order valence-corrected chi connectivity index (χ0v) is 14.7. The molecular weight excluding hydrogens is 316 g/mol. The summed E-state index contributed by atoms with van der Waals surface area (Å²) in [7, 11) is 1.87. The molecule has 25 heavy (non-hydrogen) atoms. The summed E-state index contributed by atoms with van der Waals surface area (Å²) in [5, 5.41) is 5.93. The molecule has 1 N–H and O–H groups in total. The number of carbonyl (C=O) groups excluding carboxylic acids is 1. The second kappa shape index (κ2) is 7.07. The maximum atomic E-state index is 12.0. The fraction of sp³-hybridized carbons (Fsp3) is 0.300. The summed E-state index contributed by atoms with van der Waals surface area (Å²) in [5.41, 5.74) is 1.06. The standard InChI is InChI=1S/C20H22N2O3/c1-13(2)21-18(23)12-22(3)11-15-10-19(24)25-17-9-8-14-6-4-5-7-16(14)20(15)17/h4-10,13H,11-12H2,1-3H3,(H,21,23). The summed E-state index contributed by atoms with van der Waals surface area (Å²) in [4.78, 5) is 25.8. The molecule has 0 bridgehead atoms. The van der Waals surface area contributed by atoms with Gasteiger partial charge in [-0.05, 0) is 43.3 Å². The molecule has 1 heterocycles. The van der Waals surface area contributed by atoms with Gasteiger partial charge in [-0.25, -0.2) is 4.79 Å². The number of benzene rings is 2. The van der Waals surface area contributed by atoms with E-state index in [1.54, 1.807) is 0 Å². The second-order valence-corrected chi connectivity index (χ2v) is 6.65. The average molecular weight is 338 g/mol. The van der Waals surface area contributed by atoms with Crippen molar-refractivity contribution in [1.29, 1.82) is 0 Å². The molecule has 130 valence electrons. The Bertz CT molecular complexity index is 975. The third-order valence-electron chi connectivity index (χ3n) is 4.02. The van der Waals surface area contributed by atoms with E-state index in [-0.39, 0.29) is 24.1 Å². The van der Waals surface area contributed by atoms with Crippen molar-refractivity contribution in [2.75, 3.05) is 13.6 Å². The predicted molar refractivity (Wildman–Crippen MR) is 99.6 cm³/mol. The average Bonchev–Trinajstić information content (AvgIpc) is 2.53. The summed E-state index contributed by atoms with van der Waals surface area (Å²) in [6.45, 7) is 4.62. The minimum absolute atomic E-state index is 0.0328. The van der Waals surface area contributed by atoms with Crippen molar-refractivity contribution in [1.82, 2.24) is 10.2 Å². The molecule has 0 saturated carbocycles. The van der Waals surface area contributed by atoms with Crippen LogP contribution in [0.3, 0.4) is 0 Å². The molecule has 0 spiro atoms. The largest absolute Gasteiger partial charge is 0.423 e. The first-order valence-corrected chi connectivity index (χ1v) is 8.36. The van der Waals surface area contributed by atoms with E-state index in [4.69, 9.17) is 4.42 Å². The van der Waals surface area contributed by atoms with E-state index in [0.717, 1.165) is 21.7 Å². The molecule has 0 unspecified atom stereocenters. The monoisotopic (exact) mass is 338 g/mol. The number of carbonyl (C=O) groups is 1. The van der Waals surface area contributed by atoms with Gasteiger partial charge in [0.25, 0.3) is 0 Å². The zero-order valence-electron chi connectivity index (χ0n) is 14.7. The van der Waals surface area contributed by atoms with Crippen LogP contribution in [0.2, 0.25) is 0 Å². The SMILES string of the molecule is CC(C)NC(=O)CN(C)Cc1cc(=O)oc2ccc3ccccc3c12. The predicted octanol–water partition coefficient (Wildman–Crippen LogP) is 2.90. The smallest absolute Gasteiger partial charge is 0.336 e. The van der Waals surface area contributed by atoms with E-state index >= 15 is 0 Å². The number of amides is 1. The van der Waals surface area contributed by atoms with Crippen LogP contribution in [0.4, 0.5) is 0 Å². The number of nitrogens with one attached hydrogen (secondary N) is 1. The lowest BCUT2D eigenvalue weighted by Crippen LogP contribution is -2.38. The Balaban J connectivity index is 1.99. The molecule has 1 aromatic heterocycles. The van der Waals surface area contributed by atoms with Crippen LogP contribution in [0.25, 0.3) is 21.7 Å². The molecule has 0 fully saturated rings. The Morgan fingerprint density at radius 1 is 1.20 bits per heavy atom. The summed E-state index contributed by atoms with van der Waals surface area (Å²) in [6, 6.07) is 13.4. The van der Waals surface area contributed by atoms with Gasteiger partial charge in [-0.3, -0.25) is 9.69 Å². The molecule has 1 amide bonds. The first-order chi connectivity index (χ1) is 11.9. The van der Waals surface area contributed by atoms with Crippen molar-refractivity contribution in [2.45, 2.75) is 26.4 Å². The van der Waals surface area contributed by atoms with Crippen LogP contribution in [0, 0.1) is 0 Å². The maximum Gasteiger partial charge on any atom is 0.336 e. The third-order valence-corrected chi connectivity index (χ3v) is 4.02. The van der Waals surface area contributed by atoms with Crippen molar-refractivity contribution >= 4 is 27.6 Å². The van der Waals surface area contributed by atoms with Gasteiger partial charge in [-0.15, -0.1) is 0 Å². The number of nitrogens with zero attached hydrogens (tertiary/aromatic N) is 1. The summed E-state index contributed by atoms with van der Waals surface area (Å²) in [6.07, 6.45) is 0. The lowest BCUT2D eigenvalue weighted by atomic mass is 10.0. The van der Waals surface area contributed by atoms with E-state index in [0.29, 0.717) is 12.1 Å². The van der Waals surface area contributed by atoms with Crippen molar-refractivity contribution in [2.24, 2.45) is 0 Å². The van der Waals surface area contributed by atoms with Gasteiger partial charge in [0.2, 0.25) is 5.91 Å². The van der Waals surface area contributed by atoms with Crippen molar-refractivity contribution < 1.29 is 9.21 Å². The van der Waals surface area contributed by atoms with E-state index < -0.39 is 0 Å². The minimum atomic E-state index is -0.377. The van der Waals surface area contributed by atoms with E-state index in [9.17, 15) is 9.59 Å². The van der Waals surface area contributed by atoms with Crippen molar-refractivity contribution in [3.8, 4) is 0 Å². The molecule has 5 nitrogen and oxygen atoms in total. The van der Waals surface area contributed by atoms with Gasteiger partial charge < -0.3 is 9.73 Å². The summed E-state index contributed by atoms with van der Waals surface area (Å²) < 4.78 is 5.37. The zero-order chi connectivity index (χ0) is 18.0. The maximum absolute atomic E-state index is 12.0. The Morgan fingerprint density at radius 3 is 2.72 bits per heavy atom. The molecule has 5 heteroatoms. The topological polar surface area (TPSA) is 62.6 Å². The van der Waals surface area contributed by atoms with Gasteiger partial charge in [0.1, 0.15) is 5.58 Å². The van der Waals surface area contributed by atoms with E-state index in [1.165, 1.54) is 6.07 Å². The highest BCUT2D eigenvalue weighted by Gasteiger charge is 2.13. The minimum Gasteiger partial charge on any atom is -0.423 e. The Kier molecular flexibility index (Phi) is 4.86. The number of hydrogen-bond donors (Lipinski definition) is 1. The van der Waals surface area contributed by atoms with Crippen LogP contribution in [-0.2, 0) is 11.3 Å². The summed E-state index contributed by atoms with van der Waals surface area (Å²) >= 11 is 0. The molecule has 3 rings (SSSR count). The van der Waals surface area contributed by atoms with Crippen LogP contribution < -0.4 is 10.9 Å². The molecule has 0 aliphatic carbocycles. The molecule has 0 aliphatic rings. The van der Waals surface area contributed by atoms with Crippen LogP contribution >= 0.6 is 0 Å². The van der Waals surface area contributed by atoms with Gasteiger partial charge in [0.15, 0.2) is 0 Å². The van der Waals surface area contributed by atoms with E-state index in [2.05, 4.69) is 5.32 Å². The van der Waals surface area contributed by atoms with Gasteiger partial charge in [0.05, 0.1) is 6.54 Å². The highest BCUT2D eigenvalue weighted by atomic mass is 16.4. The molecule has 0 radical (unpaired) electrons. The van der Waals surface area contributed by atoms with Crippen molar-refractivity contribution in [3.05, 3.63) is 58.4 Å². The van der Waals surface area contributed by atoms with Crippen LogP contribution in [0.5, 0.6) is 0 Å².